The molecule has 0 unspecified atom stereocenters. The molecule has 0 atom stereocenters. The fraction of sp³-hybridized carbons (Fsp3) is 0.600. The van der Waals surface area contributed by atoms with Crippen LogP contribution in [-0.4, -0.2) is 19.3 Å². The zero-order valence-corrected chi connectivity index (χ0v) is 12.6. The maximum Gasteiger partial charge on any atom is 0.498 e. The van der Waals surface area contributed by atoms with Gasteiger partial charge in [0.15, 0.2) is 0 Å². The summed E-state index contributed by atoms with van der Waals surface area (Å²) >= 11 is 0. The molecule has 0 fully saturated rings. The highest BCUT2D eigenvalue weighted by molar-refractivity contribution is 6.64. The van der Waals surface area contributed by atoms with Gasteiger partial charge in [-0.3, -0.25) is 0 Å². The third-order valence-corrected chi connectivity index (χ3v) is 3.41. The predicted molar refractivity (Wildman–Crippen MR) is 78.0 cm³/mol. The molecule has 1 aromatic rings. The molecule has 2 heterocycles. The Morgan fingerprint density at radius 3 is 2.68 bits per heavy atom. The Balaban J connectivity index is 0.000000637. The lowest BCUT2D eigenvalue weighted by molar-refractivity contribution is 0.0352. The molecule has 3 nitrogen and oxygen atoms in total. The van der Waals surface area contributed by atoms with Crippen LogP contribution in [0.3, 0.4) is 0 Å². The normalized spacial score (nSPS) is 18.9. The summed E-state index contributed by atoms with van der Waals surface area (Å²) in [5.74, 6) is 0.922. The van der Waals surface area contributed by atoms with E-state index in [-0.39, 0.29) is 12.7 Å². The first-order chi connectivity index (χ1) is 9.11. The Morgan fingerprint density at radius 2 is 2.00 bits per heavy atom. The van der Waals surface area contributed by atoms with Crippen LogP contribution in [0.5, 0.6) is 5.75 Å². The van der Waals surface area contributed by atoms with Crippen LogP contribution < -0.4 is 10.2 Å². The summed E-state index contributed by atoms with van der Waals surface area (Å²) in [7, 11) is -0.260. The van der Waals surface area contributed by atoms with Gasteiger partial charge in [-0.15, -0.1) is 0 Å². The molecular weight excluding hydrogens is 239 g/mol. The van der Waals surface area contributed by atoms with E-state index in [1.165, 1.54) is 11.1 Å². The SMILES string of the molecule is CC.CCc1ccc2c3c1COB3OC(C)(C)CO2. The third-order valence-electron chi connectivity index (χ3n) is 3.41. The van der Waals surface area contributed by atoms with Crippen molar-refractivity contribution in [1.29, 1.82) is 0 Å². The van der Waals surface area contributed by atoms with Gasteiger partial charge in [0.1, 0.15) is 12.4 Å². The molecule has 0 amide bonds. The Bertz CT molecular complexity index is 457. The van der Waals surface area contributed by atoms with Gasteiger partial charge in [-0.2, -0.15) is 0 Å². The maximum absolute atomic E-state index is 5.98. The first-order valence-corrected chi connectivity index (χ1v) is 7.17. The van der Waals surface area contributed by atoms with Crippen molar-refractivity contribution in [2.24, 2.45) is 0 Å². The third kappa shape index (κ3) is 2.65. The van der Waals surface area contributed by atoms with Gasteiger partial charge < -0.3 is 14.0 Å². The van der Waals surface area contributed by atoms with Crippen molar-refractivity contribution in [3.05, 3.63) is 23.3 Å². The van der Waals surface area contributed by atoms with E-state index in [1.807, 2.05) is 33.8 Å². The first-order valence-electron chi connectivity index (χ1n) is 7.17. The van der Waals surface area contributed by atoms with Gasteiger partial charge in [-0.05, 0) is 37.5 Å². The Morgan fingerprint density at radius 1 is 1.26 bits per heavy atom. The molecule has 0 saturated carbocycles. The summed E-state index contributed by atoms with van der Waals surface area (Å²) in [6.07, 6.45) is 1.02. The number of benzene rings is 1. The lowest BCUT2D eigenvalue weighted by Crippen LogP contribution is -2.40. The highest BCUT2D eigenvalue weighted by atomic mass is 16.6. The number of hydrogen-bond acceptors (Lipinski definition) is 3. The summed E-state index contributed by atoms with van der Waals surface area (Å²) in [6.45, 7) is 11.4. The second-order valence-corrected chi connectivity index (χ2v) is 5.28. The van der Waals surface area contributed by atoms with Crippen molar-refractivity contribution in [2.75, 3.05) is 6.61 Å². The summed E-state index contributed by atoms with van der Waals surface area (Å²) in [4.78, 5) is 0. The van der Waals surface area contributed by atoms with Gasteiger partial charge >= 0.3 is 7.12 Å². The second-order valence-electron chi connectivity index (χ2n) is 5.28. The highest BCUT2D eigenvalue weighted by Gasteiger charge is 2.42. The lowest BCUT2D eigenvalue weighted by Gasteiger charge is -2.24. The van der Waals surface area contributed by atoms with E-state index >= 15 is 0 Å². The molecule has 0 saturated heterocycles. The Hall–Kier alpha value is -0.995. The van der Waals surface area contributed by atoms with Crippen LogP contribution in [0, 0.1) is 0 Å². The average Bonchev–Trinajstić information content (AvgIpc) is 2.76. The van der Waals surface area contributed by atoms with Gasteiger partial charge in [0.05, 0.1) is 12.2 Å². The molecule has 1 aromatic carbocycles. The van der Waals surface area contributed by atoms with Crippen LogP contribution in [0.25, 0.3) is 0 Å². The maximum atomic E-state index is 5.98. The van der Waals surface area contributed by atoms with Crippen LogP contribution in [0.1, 0.15) is 45.7 Å². The molecule has 4 heteroatoms. The van der Waals surface area contributed by atoms with E-state index in [9.17, 15) is 0 Å². The fourth-order valence-corrected chi connectivity index (χ4v) is 2.48. The van der Waals surface area contributed by atoms with Crippen molar-refractivity contribution in [3.63, 3.8) is 0 Å². The molecule has 0 bridgehead atoms. The average molecular weight is 262 g/mol. The number of ether oxygens (including phenoxy) is 1. The van der Waals surface area contributed by atoms with Crippen LogP contribution in [0.2, 0.25) is 0 Å². The Labute approximate surface area is 116 Å². The minimum Gasteiger partial charge on any atom is -0.491 e. The van der Waals surface area contributed by atoms with Crippen molar-refractivity contribution in [2.45, 2.75) is 53.2 Å². The molecule has 2 aliphatic heterocycles. The summed E-state index contributed by atoms with van der Waals surface area (Å²) in [5, 5.41) is 0. The minimum absolute atomic E-state index is 0.260. The number of rotatable bonds is 1. The van der Waals surface area contributed by atoms with E-state index in [1.54, 1.807) is 0 Å². The smallest absolute Gasteiger partial charge is 0.491 e. The largest absolute Gasteiger partial charge is 0.498 e. The molecule has 104 valence electrons. The van der Waals surface area contributed by atoms with E-state index < -0.39 is 0 Å². The van der Waals surface area contributed by atoms with E-state index in [2.05, 4.69) is 13.0 Å². The predicted octanol–water partition coefficient (Wildman–Crippen LogP) is 2.69. The van der Waals surface area contributed by atoms with E-state index in [0.29, 0.717) is 13.2 Å². The molecule has 0 radical (unpaired) electrons. The monoisotopic (exact) mass is 262 g/mol. The number of aryl methyl sites for hydroxylation is 1. The first kappa shape index (κ1) is 14.4. The van der Waals surface area contributed by atoms with Gasteiger partial charge in [0.25, 0.3) is 0 Å². The van der Waals surface area contributed by atoms with Crippen molar-refractivity contribution >= 4 is 12.6 Å². The van der Waals surface area contributed by atoms with Gasteiger partial charge in [0.2, 0.25) is 0 Å². The molecule has 0 aromatic heterocycles. The van der Waals surface area contributed by atoms with Crippen molar-refractivity contribution in [3.8, 4) is 5.75 Å². The zero-order chi connectivity index (χ0) is 14.0. The highest BCUT2D eigenvalue weighted by Crippen LogP contribution is 2.29. The summed E-state index contributed by atoms with van der Waals surface area (Å²) in [5.41, 5.74) is 3.39. The van der Waals surface area contributed by atoms with Crippen LogP contribution in [-0.2, 0) is 22.3 Å². The molecular formula is C15H23BO3. The minimum atomic E-state index is -0.308. The molecule has 19 heavy (non-hydrogen) atoms. The topological polar surface area (TPSA) is 27.7 Å². The summed E-state index contributed by atoms with van der Waals surface area (Å²) < 4.78 is 17.6. The molecule has 3 rings (SSSR count). The van der Waals surface area contributed by atoms with Crippen LogP contribution in [0.15, 0.2) is 12.1 Å². The second kappa shape index (κ2) is 5.55. The molecule has 2 aliphatic rings. The molecule has 0 aliphatic carbocycles. The zero-order valence-electron chi connectivity index (χ0n) is 12.6. The van der Waals surface area contributed by atoms with E-state index in [0.717, 1.165) is 17.6 Å². The van der Waals surface area contributed by atoms with E-state index in [4.69, 9.17) is 14.0 Å². The van der Waals surface area contributed by atoms with Gasteiger partial charge in [0, 0.05) is 5.46 Å². The standard InChI is InChI=1S/C13H17BO3.C2H6/c1-4-9-5-6-11-12-10(9)7-16-14(12)17-13(2,3)8-15-11;1-2/h5-6H,4,7-8H2,1-3H3;1-2H3. The fourth-order valence-electron chi connectivity index (χ4n) is 2.48. The van der Waals surface area contributed by atoms with Crippen molar-refractivity contribution in [1.82, 2.24) is 0 Å². The van der Waals surface area contributed by atoms with Crippen molar-refractivity contribution < 1.29 is 14.0 Å². The van der Waals surface area contributed by atoms with Gasteiger partial charge in [-0.1, -0.05) is 26.8 Å². The number of hydrogen-bond donors (Lipinski definition) is 0. The van der Waals surface area contributed by atoms with Crippen LogP contribution in [0.4, 0.5) is 0 Å². The lowest BCUT2D eigenvalue weighted by atomic mass is 9.76. The van der Waals surface area contributed by atoms with Crippen LogP contribution >= 0.6 is 0 Å². The molecule has 0 spiro atoms. The quantitative estimate of drug-likeness (QED) is 0.728. The summed E-state index contributed by atoms with van der Waals surface area (Å²) in [6, 6.07) is 4.18. The van der Waals surface area contributed by atoms with Gasteiger partial charge in [-0.25, -0.2) is 0 Å². The molecule has 0 N–H and O–H groups in total. The Kier molecular flexibility index (Phi) is 4.21.